The third-order valence-corrected chi connectivity index (χ3v) is 3.17. The lowest BCUT2D eigenvalue weighted by Gasteiger charge is -2.25. The van der Waals surface area contributed by atoms with Crippen LogP contribution in [-0.4, -0.2) is 35.8 Å². The Bertz CT molecular complexity index is 447. The summed E-state index contributed by atoms with van der Waals surface area (Å²) in [5, 5.41) is 21.3. The van der Waals surface area contributed by atoms with Crippen LogP contribution in [0.25, 0.3) is 0 Å². The number of amides is 1. The summed E-state index contributed by atoms with van der Waals surface area (Å²) >= 11 is 0. The van der Waals surface area contributed by atoms with Crippen molar-refractivity contribution in [2.75, 3.05) is 23.9 Å². The van der Waals surface area contributed by atoms with Crippen molar-refractivity contribution in [3.63, 3.8) is 0 Å². The highest BCUT2D eigenvalue weighted by Gasteiger charge is 2.28. The van der Waals surface area contributed by atoms with Gasteiger partial charge in [-0.3, -0.25) is 4.79 Å². The molecule has 1 amide bonds. The van der Waals surface area contributed by atoms with E-state index in [1.54, 1.807) is 12.1 Å². The van der Waals surface area contributed by atoms with E-state index in [1.165, 1.54) is 0 Å². The lowest BCUT2D eigenvalue weighted by atomic mass is 10.1. The lowest BCUT2D eigenvalue weighted by molar-refractivity contribution is -0.123. The van der Waals surface area contributed by atoms with Crippen LogP contribution in [0.3, 0.4) is 0 Å². The number of anilines is 2. The molecule has 1 aliphatic heterocycles. The van der Waals surface area contributed by atoms with Gasteiger partial charge in [0.05, 0.1) is 6.61 Å². The largest absolute Gasteiger partial charge is 0.394 e. The van der Waals surface area contributed by atoms with Gasteiger partial charge in [-0.05, 0) is 19.1 Å². The average Bonchev–Trinajstić information content (AvgIpc) is 2.62. The molecule has 5 nitrogen and oxygen atoms in total. The summed E-state index contributed by atoms with van der Waals surface area (Å²) in [6, 6.07) is 5.35. The summed E-state index contributed by atoms with van der Waals surface area (Å²) in [5.74, 6) is -0.394. The number of hydrogen-bond acceptors (Lipinski definition) is 4. The minimum absolute atomic E-state index is 0.00456. The van der Waals surface area contributed by atoms with Crippen molar-refractivity contribution in [3.05, 3.63) is 23.8 Å². The maximum absolute atomic E-state index is 11.3. The fourth-order valence-electron chi connectivity index (χ4n) is 1.83. The van der Waals surface area contributed by atoms with Gasteiger partial charge in [-0.1, -0.05) is 6.07 Å². The normalized spacial score (nSPS) is 19.8. The first-order valence-electron chi connectivity index (χ1n) is 5.51. The molecule has 2 atom stereocenters. The molecule has 0 radical (unpaired) electrons. The number of hydrogen-bond donors (Lipinski definition) is 3. The van der Waals surface area contributed by atoms with E-state index >= 15 is 0 Å². The smallest absolute Gasteiger partial charge is 0.257 e. The Morgan fingerprint density at radius 1 is 1.53 bits per heavy atom. The van der Waals surface area contributed by atoms with Crippen molar-refractivity contribution in [2.45, 2.75) is 19.1 Å². The number of nitrogens with zero attached hydrogens (tertiary/aromatic N) is 1. The van der Waals surface area contributed by atoms with Crippen molar-refractivity contribution in [1.29, 1.82) is 0 Å². The number of rotatable bonds is 3. The third-order valence-electron chi connectivity index (χ3n) is 3.17. The van der Waals surface area contributed by atoms with Gasteiger partial charge in [0, 0.05) is 30.0 Å². The maximum Gasteiger partial charge on any atom is 0.257 e. The van der Waals surface area contributed by atoms with E-state index < -0.39 is 12.0 Å². The Kier molecular flexibility index (Phi) is 3.04. The third kappa shape index (κ3) is 1.99. The number of aliphatic hydroxyl groups is 2. The molecule has 3 N–H and O–H groups in total. The average molecular weight is 236 g/mol. The van der Waals surface area contributed by atoms with E-state index in [-0.39, 0.29) is 12.6 Å². The first-order chi connectivity index (χ1) is 8.04. The van der Waals surface area contributed by atoms with Crippen molar-refractivity contribution in [3.8, 4) is 0 Å². The highest BCUT2D eigenvalue weighted by atomic mass is 16.3. The van der Waals surface area contributed by atoms with Gasteiger partial charge in [0.15, 0.2) is 6.10 Å². The van der Waals surface area contributed by atoms with Gasteiger partial charge in [-0.2, -0.15) is 0 Å². The summed E-state index contributed by atoms with van der Waals surface area (Å²) < 4.78 is 0. The van der Waals surface area contributed by atoms with Gasteiger partial charge in [0.1, 0.15) is 0 Å². The maximum atomic E-state index is 11.3. The molecule has 5 heteroatoms. The lowest BCUT2D eigenvalue weighted by Crippen LogP contribution is -2.31. The van der Waals surface area contributed by atoms with Crippen LogP contribution in [-0.2, 0) is 4.79 Å². The number of benzene rings is 1. The van der Waals surface area contributed by atoms with Crippen molar-refractivity contribution in [1.82, 2.24) is 0 Å². The molecule has 1 aromatic carbocycles. The Hall–Kier alpha value is -1.59. The zero-order valence-electron chi connectivity index (χ0n) is 9.84. The van der Waals surface area contributed by atoms with Crippen LogP contribution in [0.15, 0.2) is 18.2 Å². The Morgan fingerprint density at radius 2 is 2.24 bits per heavy atom. The summed E-state index contributed by atoms with van der Waals surface area (Å²) in [7, 11) is 1.87. The van der Waals surface area contributed by atoms with Crippen LogP contribution in [0.5, 0.6) is 0 Å². The molecule has 0 saturated heterocycles. The highest BCUT2D eigenvalue weighted by Crippen LogP contribution is 2.33. The molecular formula is C12H16N2O3. The summed E-state index contributed by atoms with van der Waals surface area (Å²) in [6.07, 6.45) is -1.07. The summed E-state index contributed by atoms with van der Waals surface area (Å²) in [6.45, 7) is 1.96. The molecule has 0 saturated carbocycles. The van der Waals surface area contributed by atoms with Gasteiger partial charge in [0.2, 0.25) is 0 Å². The molecule has 0 fully saturated rings. The van der Waals surface area contributed by atoms with Crippen molar-refractivity contribution < 1.29 is 15.0 Å². The van der Waals surface area contributed by atoms with Gasteiger partial charge in [-0.15, -0.1) is 0 Å². The topological polar surface area (TPSA) is 72.8 Å². The standard InChI is InChI=1S/C12H16N2O3/c1-7(6-15)14(2)8-3-4-9-10(5-8)13-12(17)11(9)16/h3-5,7,11,15-16H,6H2,1-2H3,(H,13,17). The SMILES string of the molecule is CC(CO)N(C)c1ccc2c(c1)NC(=O)C2O. The number of carbonyl (C=O) groups is 1. The summed E-state index contributed by atoms with van der Waals surface area (Å²) in [4.78, 5) is 13.2. The Balaban J connectivity index is 2.30. The second kappa shape index (κ2) is 4.35. The molecule has 92 valence electrons. The first kappa shape index (κ1) is 11.9. The molecule has 2 unspecified atom stereocenters. The molecule has 0 spiro atoms. The van der Waals surface area contributed by atoms with Gasteiger partial charge < -0.3 is 20.4 Å². The van der Waals surface area contributed by atoms with Crippen LogP contribution in [0.4, 0.5) is 11.4 Å². The molecule has 0 aromatic heterocycles. The van der Waals surface area contributed by atoms with E-state index in [9.17, 15) is 9.90 Å². The van der Waals surface area contributed by atoms with Gasteiger partial charge >= 0.3 is 0 Å². The number of fused-ring (bicyclic) bond motifs is 1. The monoisotopic (exact) mass is 236 g/mol. The van der Waals surface area contributed by atoms with Crippen LogP contribution < -0.4 is 10.2 Å². The van der Waals surface area contributed by atoms with E-state index in [2.05, 4.69) is 5.32 Å². The second-order valence-electron chi connectivity index (χ2n) is 4.31. The molecule has 17 heavy (non-hydrogen) atoms. The first-order valence-corrected chi connectivity index (χ1v) is 5.51. The fourth-order valence-corrected chi connectivity index (χ4v) is 1.83. The predicted octanol–water partition coefficient (Wildman–Crippen LogP) is 0.489. The molecule has 1 aromatic rings. The van der Waals surface area contributed by atoms with Crippen LogP contribution in [0, 0.1) is 0 Å². The Morgan fingerprint density at radius 3 is 2.88 bits per heavy atom. The molecule has 1 heterocycles. The molecule has 1 aliphatic rings. The fraction of sp³-hybridized carbons (Fsp3) is 0.417. The minimum Gasteiger partial charge on any atom is -0.394 e. The molecule has 0 bridgehead atoms. The van der Waals surface area contributed by atoms with E-state index in [4.69, 9.17) is 5.11 Å². The molecule has 0 aliphatic carbocycles. The van der Waals surface area contributed by atoms with E-state index in [0.29, 0.717) is 11.3 Å². The van der Waals surface area contributed by atoms with Crippen molar-refractivity contribution in [2.24, 2.45) is 0 Å². The quantitative estimate of drug-likeness (QED) is 0.714. The van der Waals surface area contributed by atoms with Gasteiger partial charge in [-0.25, -0.2) is 0 Å². The minimum atomic E-state index is -1.07. The highest BCUT2D eigenvalue weighted by molar-refractivity contribution is 6.02. The van der Waals surface area contributed by atoms with E-state index in [0.717, 1.165) is 5.69 Å². The van der Waals surface area contributed by atoms with Crippen LogP contribution in [0.1, 0.15) is 18.6 Å². The second-order valence-corrected chi connectivity index (χ2v) is 4.31. The zero-order valence-corrected chi connectivity index (χ0v) is 9.84. The van der Waals surface area contributed by atoms with Crippen LogP contribution in [0.2, 0.25) is 0 Å². The van der Waals surface area contributed by atoms with Crippen molar-refractivity contribution >= 4 is 17.3 Å². The molecule has 2 rings (SSSR count). The Labute approximate surface area is 99.7 Å². The summed E-state index contributed by atoms with van der Waals surface area (Å²) in [5.41, 5.74) is 2.13. The number of likely N-dealkylation sites (N-methyl/N-ethyl adjacent to an activating group) is 1. The zero-order chi connectivity index (χ0) is 12.6. The predicted molar refractivity (Wildman–Crippen MR) is 65.0 cm³/mol. The van der Waals surface area contributed by atoms with Crippen LogP contribution >= 0.6 is 0 Å². The number of carbonyl (C=O) groups excluding carboxylic acids is 1. The van der Waals surface area contributed by atoms with E-state index in [1.807, 2.05) is 24.9 Å². The number of nitrogens with one attached hydrogen (secondary N) is 1. The van der Waals surface area contributed by atoms with Gasteiger partial charge in [0.25, 0.3) is 5.91 Å². The molecular weight excluding hydrogens is 220 g/mol. The number of aliphatic hydroxyl groups excluding tert-OH is 2.